The Morgan fingerprint density at radius 2 is 1.27 bits per heavy atom. The van der Waals surface area contributed by atoms with E-state index in [0.717, 1.165) is 12.8 Å². The summed E-state index contributed by atoms with van der Waals surface area (Å²) in [6, 6.07) is 0. The lowest BCUT2D eigenvalue weighted by Crippen LogP contribution is -2.12. The summed E-state index contributed by atoms with van der Waals surface area (Å²) in [6.45, 7) is 4.77. The van der Waals surface area contributed by atoms with Crippen LogP contribution in [-0.4, -0.2) is 18.0 Å². The Morgan fingerprint density at radius 1 is 0.818 bits per heavy atom. The summed E-state index contributed by atoms with van der Waals surface area (Å²) in [6.07, 6.45) is 15.1. The van der Waals surface area contributed by atoms with Crippen molar-refractivity contribution in [3.05, 3.63) is 0 Å². The number of hydroxylamine groups is 1. The van der Waals surface area contributed by atoms with E-state index >= 15 is 0 Å². The van der Waals surface area contributed by atoms with Crippen LogP contribution in [0.4, 0.5) is 0 Å². The van der Waals surface area contributed by atoms with Crippen LogP contribution in [0.25, 0.3) is 0 Å². The molecule has 0 aromatic carbocycles. The van der Waals surface area contributed by atoms with Gasteiger partial charge in [0.2, 0.25) is 0 Å². The van der Waals surface area contributed by atoms with Crippen molar-refractivity contribution >= 4 is 7.82 Å². The van der Waals surface area contributed by atoms with Gasteiger partial charge in [-0.1, -0.05) is 84.5 Å². The van der Waals surface area contributed by atoms with E-state index in [-0.39, 0.29) is 6.61 Å². The van der Waals surface area contributed by atoms with Crippen LogP contribution in [0.15, 0.2) is 0 Å². The molecule has 0 bridgehead atoms. The number of phosphoric ester groups is 1. The van der Waals surface area contributed by atoms with Gasteiger partial charge in [0.05, 0.1) is 6.61 Å². The SMILES string of the molecule is CCCCCCCCCCCCCCOP(=O)(O)ONCC. The number of rotatable bonds is 17. The van der Waals surface area contributed by atoms with E-state index in [2.05, 4.69) is 17.0 Å². The predicted octanol–water partition coefficient (Wildman–Crippen LogP) is 5.35. The third kappa shape index (κ3) is 16.4. The fourth-order valence-electron chi connectivity index (χ4n) is 2.30. The maximum absolute atomic E-state index is 11.3. The first kappa shape index (κ1) is 22.1. The Labute approximate surface area is 136 Å². The number of unbranched alkanes of at least 4 members (excludes halogenated alkanes) is 11. The molecule has 6 heteroatoms. The monoisotopic (exact) mass is 337 g/mol. The molecule has 0 aliphatic heterocycles. The Bertz CT molecular complexity index is 277. The van der Waals surface area contributed by atoms with E-state index in [9.17, 15) is 9.46 Å². The van der Waals surface area contributed by atoms with Crippen LogP contribution in [0.2, 0.25) is 0 Å². The molecule has 0 aromatic rings. The number of nitrogens with one attached hydrogen (secondary N) is 1. The molecular formula is C16H36NO4P. The summed E-state index contributed by atoms with van der Waals surface area (Å²) in [5.41, 5.74) is 2.35. The van der Waals surface area contributed by atoms with Gasteiger partial charge in [0.15, 0.2) is 0 Å². The van der Waals surface area contributed by atoms with Crippen LogP contribution < -0.4 is 5.48 Å². The summed E-state index contributed by atoms with van der Waals surface area (Å²) in [7, 11) is -3.90. The smallest absolute Gasteiger partial charge is 0.301 e. The Hall–Kier alpha value is 0.0700. The highest BCUT2D eigenvalue weighted by Gasteiger charge is 2.20. The molecule has 1 atom stereocenters. The highest BCUT2D eigenvalue weighted by molar-refractivity contribution is 7.47. The summed E-state index contributed by atoms with van der Waals surface area (Å²) < 4.78 is 20.7. The maximum Gasteiger partial charge on any atom is 0.488 e. The second kappa shape index (κ2) is 15.9. The lowest BCUT2D eigenvalue weighted by Gasteiger charge is -2.11. The molecule has 0 fully saturated rings. The molecule has 0 saturated carbocycles. The molecule has 22 heavy (non-hydrogen) atoms. The minimum Gasteiger partial charge on any atom is -0.301 e. The molecule has 0 radical (unpaired) electrons. The fourth-order valence-corrected chi connectivity index (χ4v) is 3.00. The molecule has 0 aliphatic carbocycles. The molecule has 0 aliphatic rings. The van der Waals surface area contributed by atoms with Crippen molar-refractivity contribution in [2.75, 3.05) is 13.2 Å². The summed E-state index contributed by atoms with van der Waals surface area (Å²) in [4.78, 5) is 9.27. The topological polar surface area (TPSA) is 67.8 Å². The number of phosphoric acid groups is 1. The number of hydrogen-bond donors (Lipinski definition) is 2. The average Bonchev–Trinajstić information content (AvgIpc) is 2.50. The molecular weight excluding hydrogens is 301 g/mol. The summed E-state index contributed by atoms with van der Waals surface area (Å²) >= 11 is 0. The van der Waals surface area contributed by atoms with Crippen molar-refractivity contribution in [2.24, 2.45) is 0 Å². The minimum absolute atomic E-state index is 0.274. The van der Waals surface area contributed by atoms with Crippen LogP contribution in [0.3, 0.4) is 0 Å². The standard InChI is InChI=1S/C16H36NO4P/c1-3-5-6-7-8-9-10-11-12-13-14-15-16-20-22(18,19)21-17-4-2/h17H,3-16H2,1-2H3,(H,18,19). The number of hydrogen-bond acceptors (Lipinski definition) is 4. The van der Waals surface area contributed by atoms with Crippen LogP contribution in [0.1, 0.15) is 90.9 Å². The van der Waals surface area contributed by atoms with Gasteiger partial charge in [-0.3, -0.25) is 4.52 Å². The quantitative estimate of drug-likeness (QED) is 0.213. The summed E-state index contributed by atoms with van der Waals surface area (Å²) in [5, 5.41) is 0. The zero-order valence-electron chi connectivity index (χ0n) is 14.5. The molecule has 2 N–H and O–H groups in total. The van der Waals surface area contributed by atoms with E-state index in [0.29, 0.717) is 6.54 Å². The van der Waals surface area contributed by atoms with Gasteiger partial charge in [-0.25, -0.2) is 4.57 Å². The first-order chi connectivity index (χ1) is 10.6. The van der Waals surface area contributed by atoms with Crippen molar-refractivity contribution in [3.8, 4) is 0 Å². The van der Waals surface area contributed by atoms with Crippen LogP contribution in [-0.2, 0) is 13.7 Å². The molecule has 0 spiro atoms. The van der Waals surface area contributed by atoms with Gasteiger partial charge in [0.1, 0.15) is 0 Å². The van der Waals surface area contributed by atoms with Crippen LogP contribution in [0, 0.1) is 0 Å². The summed E-state index contributed by atoms with van der Waals surface area (Å²) in [5.74, 6) is 0. The maximum atomic E-state index is 11.3. The minimum atomic E-state index is -3.90. The molecule has 0 heterocycles. The second-order valence-corrected chi connectivity index (χ2v) is 7.16. The van der Waals surface area contributed by atoms with Crippen molar-refractivity contribution in [2.45, 2.75) is 90.9 Å². The predicted molar refractivity (Wildman–Crippen MR) is 91.6 cm³/mol. The lowest BCUT2D eigenvalue weighted by atomic mass is 10.1. The average molecular weight is 337 g/mol. The van der Waals surface area contributed by atoms with E-state index in [4.69, 9.17) is 4.52 Å². The molecule has 1 unspecified atom stereocenters. The van der Waals surface area contributed by atoms with E-state index in [1.807, 2.05) is 0 Å². The Kier molecular flexibility index (Phi) is 16.0. The van der Waals surface area contributed by atoms with Gasteiger partial charge >= 0.3 is 7.82 Å². The Balaban J connectivity index is 3.19. The van der Waals surface area contributed by atoms with Crippen molar-refractivity contribution in [1.82, 2.24) is 5.48 Å². The third-order valence-electron chi connectivity index (χ3n) is 3.58. The largest absolute Gasteiger partial charge is 0.488 e. The zero-order valence-corrected chi connectivity index (χ0v) is 15.4. The molecule has 0 amide bonds. The van der Waals surface area contributed by atoms with Crippen LogP contribution in [0.5, 0.6) is 0 Å². The van der Waals surface area contributed by atoms with Crippen molar-refractivity contribution in [3.63, 3.8) is 0 Å². The van der Waals surface area contributed by atoms with Gasteiger partial charge in [-0.05, 0) is 6.42 Å². The van der Waals surface area contributed by atoms with Crippen molar-refractivity contribution < 1.29 is 18.6 Å². The highest BCUT2D eigenvalue weighted by Crippen LogP contribution is 2.41. The normalized spacial score (nSPS) is 14.1. The molecule has 0 rings (SSSR count). The van der Waals surface area contributed by atoms with E-state index in [1.54, 1.807) is 6.92 Å². The van der Waals surface area contributed by atoms with Crippen LogP contribution >= 0.6 is 7.82 Å². The first-order valence-electron chi connectivity index (χ1n) is 9.01. The van der Waals surface area contributed by atoms with E-state index < -0.39 is 7.82 Å². The lowest BCUT2D eigenvalue weighted by molar-refractivity contribution is 0.0981. The Morgan fingerprint density at radius 3 is 1.73 bits per heavy atom. The molecule has 0 aromatic heterocycles. The van der Waals surface area contributed by atoms with Gasteiger partial charge < -0.3 is 4.89 Å². The highest BCUT2D eigenvalue weighted by atomic mass is 31.2. The molecule has 134 valence electrons. The van der Waals surface area contributed by atoms with Gasteiger partial charge in [0.25, 0.3) is 0 Å². The zero-order chi connectivity index (χ0) is 16.5. The molecule has 0 saturated heterocycles. The fraction of sp³-hybridized carbons (Fsp3) is 1.00. The van der Waals surface area contributed by atoms with Gasteiger partial charge in [-0.15, -0.1) is 0 Å². The first-order valence-corrected chi connectivity index (χ1v) is 10.5. The van der Waals surface area contributed by atoms with Gasteiger partial charge in [-0.2, -0.15) is 10.1 Å². The molecule has 5 nitrogen and oxygen atoms in total. The van der Waals surface area contributed by atoms with E-state index in [1.165, 1.54) is 64.2 Å². The van der Waals surface area contributed by atoms with Gasteiger partial charge in [0, 0.05) is 6.54 Å². The van der Waals surface area contributed by atoms with Crippen molar-refractivity contribution in [1.29, 1.82) is 0 Å². The third-order valence-corrected chi connectivity index (χ3v) is 4.45. The second-order valence-electron chi connectivity index (χ2n) is 5.78.